The van der Waals surface area contributed by atoms with E-state index in [1.807, 2.05) is 24.3 Å². The van der Waals surface area contributed by atoms with Crippen LogP contribution in [0.4, 0.5) is 0 Å². The molecule has 3 nitrogen and oxygen atoms in total. The molecular formula is C16H22ClNO2. The Bertz CT molecular complexity index is 577. The molecule has 4 heteroatoms. The molecule has 0 amide bonds. The molecular weight excluding hydrogens is 274 g/mol. The van der Waals surface area contributed by atoms with Gasteiger partial charge in [0.1, 0.15) is 11.3 Å². The van der Waals surface area contributed by atoms with Crippen molar-refractivity contribution in [1.29, 1.82) is 0 Å². The SMILES string of the molecule is CCCNC(c1cc2cc(Cl)ccc2o1)C(C)(C)OC. The van der Waals surface area contributed by atoms with Crippen LogP contribution in [-0.2, 0) is 4.74 Å². The van der Waals surface area contributed by atoms with Crippen molar-refractivity contribution < 1.29 is 9.15 Å². The molecule has 1 atom stereocenters. The standard InChI is InChI=1S/C16H22ClNO2/c1-5-8-18-15(16(2,3)19-4)14-10-11-9-12(17)6-7-13(11)20-14/h6-7,9-10,15,18H,5,8H2,1-4H3. The molecule has 0 aliphatic carbocycles. The number of fused-ring (bicyclic) bond motifs is 1. The van der Waals surface area contributed by atoms with Gasteiger partial charge in [-0.2, -0.15) is 0 Å². The highest BCUT2D eigenvalue weighted by molar-refractivity contribution is 6.31. The smallest absolute Gasteiger partial charge is 0.134 e. The minimum atomic E-state index is -0.354. The zero-order valence-electron chi connectivity index (χ0n) is 12.5. The van der Waals surface area contributed by atoms with Gasteiger partial charge in [0.2, 0.25) is 0 Å². The van der Waals surface area contributed by atoms with Crippen molar-refractivity contribution in [3.63, 3.8) is 0 Å². The number of halogens is 1. The lowest BCUT2D eigenvalue weighted by atomic mass is 9.96. The second-order valence-electron chi connectivity index (χ2n) is 5.53. The predicted octanol–water partition coefficient (Wildman–Crippen LogP) is 4.55. The maximum Gasteiger partial charge on any atom is 0.134 e. The van der Waals surface area contributed by atoms with Crippen molar-refractivity contribution in [1.82, 2.24) is 5.32 Å². The molecule has 1 aromatic heterocycles. The van der Waals surface area contributed by atoms with E-state index in [1.54, 1.807) is 7.11 Å². The zero-order chi connectivity index (χ0) is 14.8. The third kappa shape index (κ3) is 3.17. The number of hydrogen-bond acceptors (Lipinski definition) is 3. The highest BCUT2D eigenvalue weighted by Gasteiger charge is 2.32. The summed E-state index contributed by atoms with van der Waals surface area (Å²) in [5.74, 6) is 0.877. The van der Waals surface area contributed by atoms with E-state index in [4.69, 9.17) is 20.8 Å². The molecule has 1 unspecified atom stereocenters. The van der Waals surface area contributed by atoms with Crippen molar-refractivity contribution >= 4 is 22.6 Å². The Labute approximate surface area is 125 Å². The Morgan fingerprint density at radius 1 is 1.35 bits per heavy atom. The van der Waals surface area contributed by atoms with Gasteiger partial charge < -0.3 is 14.5 Å². The third-order valence-corrected chi connectivity index (χ3v) is 3.84. The van der Waals surface area contributed by atoms with Crippen molar-refractivity contribution in [3.05, 3.63) is 35.0 Å². The fourth-order valence-electron chi connectivity index (χ4n) is 2.27. The van der Waals surface area contributed by atoms with Crippen LogP contribution in [0, 0.1) is 0 Å². The monoisotopic (exact) mass is 295 g/mol. The van der Waals surface area contributed by atoms with Gasteiger partial charge in [-0.3, -0.25) is 0 Å². The van der Waals surface area contributed by atoms with E-state index >= 15 is 0 Å². The van der Waals surface area contributed by atoms with E-state index in [1.165, 1.54) is 0 Å². The molecule has 1 N–H and O–H groups in total. The van der Waals surface area contributed by atoms with E-state index in [0.29, 0.717) is 5.02 Å². The minimum Gasteiger partial charge on any atom is -0.459 e. The Hall–Kier alpha value is -1.03. The van der Waals surface area contributed by atoms with Crippen LogP contribution in [0.25, 0.3) is 11.0 Å². The molecule has 110 valence electrons. The van der Waals surface area contributed by atoms with Gasteiger partial charge in [0.05, 0.1) is 11.6 Å². The first-order valence-corrected chi connectivity index (χ1v) is 7.33. The summed E-state index contributed by atoms with van der Waals surface area (Å²) in [5.41, 5.74) is 0.493. The first-order chi connectivity index (χ1) is 9.47. The average molecular weight is 296 g/mol. The molecule has 2 rings (SSSR count). The molecule has 0 aliphatic heterocycles. The molecule has 0 saturated carbocycles. The topological polar surface area (TPSA) is 34.4 Å². The van der Waals surface area contributed by atoms with E-state index < -0.39 is 0 Å². The highest BCUT2D eigenvalue weighted by atomic mass is 35.5. The fraction of sp³-hybridized carbons (Fsp3) is 0.500. The molecule has 0 aliphatic rings. The predicted molar refractivity (Wildman–Crippen MR) is 83.3 cm³/mol. The van der Waals surface area contributed by atoms with Crippen LogP contribution < -0.4 is 5.32 Å². The molecule has 2 aromatic rings. The summed E-state index contributed by atoms with van der Waals surface area (Å²) in [6, 6.07) is 7.69. The number of rotatable bonds is 6. The van der Waals surface area contributed by atoms with Gasteiger partial charge in [-0.05, 0) is 51.1 Å². The maximum atomic E-state index is 6.03. The van der Waals surface area contributed by atoms with Crippen LogP contribution >= 0.6 is 11.6 Å². The van der Waals surface area contributed by atoms with Crippen molar-refractivity contribution in [2.45, 2.75) is 38.8 Å². The lowest BCUT2D eigenvalue weighted by Gasteiger charge is -2.32. The van der Waals surface area contributed by atoms with Gasteiger partial charge in [0.15, 0.2) is 0 Å². The summed E-state index contributed by atoms with van der Waals surface area (Å²) in [6.07, 6.45) is 1.06. The summed E-state index contributed by atoms with van der Waals surface area (Å²) in [4.78, 5) is 0. The van der Waals surface area contributed by atoms with Gasteiger partial charge in [-0.1, -0.05) is 18.5 Å². The second-order valence-corrected chi connectivity index (χ2v) is 5.96. The Morgan fingerprint density at radius 2 is 2.10 bits per heavy atom. The summed E-state index contributed by atoms with van der Waals surface area (Å²) in [6.45, 7) is 7.17. The lowest BCUT2D eigenvalue weighted by molar-refractivity contribution is -0.0164. The van der Waals surface area contributed by atoms with Gasteiger partial charge in [0, 0.05) is 17.5 Å². The molecule has 0 fully saturated rings. The average Bonchev–Trinajstić information content (AvgIpc) is 2.81. The van der Waals surface area contributed by atoms with Crippen LogP contribution in [-0.4, -0.2) is 19.3 Å². The molecule has 1 aromatic carbocycles. The fourth-order valence-corrected chi connectivity index (χ4v) is 2.45. The third-order valence-electron chi connectivity index (χ3n) is 3.60. The summed E-state index contributed by atoms with van der Waals surface area (Å²) in [5, 5.41) is 5.23. The van der Waals surface area contributed by atoms with E-state index in [9.17, 15) is 0 Å². The molecule has 0 radical (unpaired) electrons. The molecule has 0 bridgehead atoms. The highest BCUT2D eigenvalue weighted by Crippen LogP contribution is 2.33. The maximum absolute atomic E-state index is 6.03. The first kappa shape index (κ1) is 15.4. The van der Waals surface area contributed by atoms with Gasteiger partial charge in [-0.15, -0.1) is 0 Å². The van der Waals surface area contributed by atoms with E-state index in [2.05, 4.69) is 26.1 Å². The normalized spacial score (nSPS) is 13.8. The minimum absolute atomic E-state index is 0.00127. The van der Waals surface area contributed by atoms with E-state index in [-0.39, 0.29) is 11.6 Å². The van der Waals surface area contributed by atoms with Gasteiger partial charge in [-0.25, -0.2) is 0 Å². The molecule has 1 heterocycles. The number of benzene rings is 1. The lowest BCUT2D eigenvalue weighted by Crippen LogP contribution is -2.41. The summed E-state index contributed by atoms with van der Waals surface area (Å²) >= 11 is 6.03. The molecule has 0 saturated heterocycles. The van der Waals surface area contributed by atoms with Crippen LogP contribution in [0.2, 0.25) is 5.02 Å². The van der Waals surface area contributed by atoms with Gasteiger partial charge >= 0.3 is 0 Å². The van der Waals surface area contributed by atoms with Crippen LogP contribution in [0.15, 0.2) is 28.7 Å². The summed E-state index contributed by atoms with van der Waals surface area (Å²) < 4.78 is 11.6. The van der Waals surface area contributed by atoms with Crippen molar-refractivity contribution in [2.75, 3.05) is 13.7 Å². The first-order valence-electron chi connectivity index (χ1n) is 6.95. The largest absolute Gasteiger partial charge is 0.459 e. The Kier molecular flexibility index (Phi) is 4.74. The quantitative estimate of drug-likeness (QED) is 0.849. The second kappa shape index (κ2) is 6.17. The molecule has 20 heavy (non-hydrogen) atoms. The molecule has 0 spiro atoms. The van der Waals surface area contributed by atoms with E-state index in [0.717, 1.165) is 29.7 Å². The zero-order valence-corrected chi connectivity index (χ0v) is 13.3. The van der Waals surface area contributed by atoms with Gasteiger partial charge in [0.25, 0.3) is 0 Å². The number of methoxy groups -OCH3 is 1. The van der Waals surface area contributed by atoms with Crippen molar-refractivity contribution in [3.8, 4) is 0 Å². The number of nitrogens with one attached hydrogen (secondary N) is 1. The number of hydrogen-bond donors (Lipinski definition) is 1. The number of furan rings is 1. The van der Waals surface area contributed by atoms with Crippen LogP contribution in [0.1, 0.15) is 39.0 Å². The van der Waals surface area contributed by atoms with Crippen LogP contribution in [0.5, 0.6) is 0 Å². The Balaban J connectivity index is 2.39. The van der Waals surface area contributed by atoms with Crippen molar-refractivity contribution in [2.24, 2.45) is 0 Å². The van der Waals surface area contributed by atoms with Crippen LogP contribution in [0.3, 0.4) is 0 Å². The number of ether oxygens (including phenoxy) is 1. The summed E-state index contributed by atoms with van der Waals surface area (Å²) in [7, 11) is 1.72. The Morgan fingerprint density at radius 3 is 2.75 bits per heavy atom.